The lowest BCUT2D eigenvalue weighted by atomic mass is 10.0. The van der Waals surface area contributed by atoms with Crippen molar-refractivity contribution in [1.82, 2.24) is 0 Å². The molecule has 0 amide bonds. The van der Waals surface area contributed by atoms with Crippen LogP contribution in [0.2, 0.25) is 0 Å². The Balaban J connectivity index is 2.70. The number of ketones is 1. The molecule has 0 aliphatic rings. The van der Waals surface area contributed by atoms with Crippen LogP contribution in [0.1, 0.15) is 30.8 Å². The van der Waals surface area contributed by atoms with Gasteiger partial charge in [0.25, 0.3) is 0 Å². The van der Waals surface area contributed by atoms with Gasteiger partial charge in [0.05, 0.1) is 6.26 Å². The molecule has 2 nitrogen and oxygen atoms in total. The summed E-state index contributed by atoms with van der Waals surface area (Å²) in [6.07, 6.45) is 2.38. The van der Waals surface area contributed by atoms with Crippen molar-refractivity contribution in [3.05, 3.63) is 24.2 Å². The highest BCUT2D eigenvalue weighted by Crippen LogP contribution is 2.11. The molecule has 1 aromatic heterocycles. The maximum absolute atomic E-state index is 11.3. The van der Waals surface area contributed by atoms with Gasteiger partial charge < -0.3 is 4.42 Å². The van der Waals surface area contributed by atoms with Gasteiger partial charge in [0.2, 0.25) is 5.78 Å². The monoisotopic (exact) mass is 152 g/mol. The van der Waals surface area contributed by atoms with E-state index in [0.717, 1.165) is 6.42 Å². The largest absolute Gasteiger partial charge is 0.461 e. The molecule has 0 saturated heterocycles. The molecule has 1 aromatic rings. The van der Waals surface area contributed by atoms with E-state index in [-0.39, 0.29) is 11.7 Å². The van der Waals surface area contributed by atoms with Gasteiger partial charge in [-0.15, -0.1) is 0 Å². The van der Waals surface area contributed by atoms with Gasteiger partial charge in [0.15, 0.2) is 5.76 Å². The van der Waals surface area contributed by atoms with Gasteiger partial charge in [-0.3, -0.25) is 4.79 Å². The molecule has 60 valence electrons. The van der Waals surface area contributed by atoms with Crippen molar-refractivity contribution < 1.29 is 9.21 Å². The Hall–Kier alpha value is -1.05. The van der Waals surface area contributed by atoms with Gasteiger partial charge in [-0.05, 0) is 18.6 Å². The minimum absolute atomic E-state index is 0.0705. The SMILES string of the molecule is CCC(C)C(=O)c1ccco1. The summed E-state index contributed by atoms with van der Waals surface area (Å²) in [4.78, 5) is 11.3. The molecule has 1 heterocycles. The maximum atomic E-state index is 11.3. The van der Waals surface area contributed by atoms with Crippen LogP contribution in [0.4, 0.5) is 0 Å². The molecule has 0 aromatic carbocycles. The second-order valence-corrected chi connectivity index (χ2v) is 2.65. The zero-order chi connectivity index (χ0) is 8.27. The Morgan fingerprint density at radius 2 is 2.45 bits per heavy atom. The Morgan fingerprint density at radius 1 is 1.73 bits per heavy atom. The summed E-state index contributed by atoms with van der Waals surface area (Å²) in [6, 6.07) is 3.43. The number of furan rings is 1. The molecule has 1 rings (SSSR count). The van der Waals surface area contributed by atoms with Crippen molar-refractivity contribution in [1.29, 1.82) is 0 Å². The first-order valence-corrected chi connectivity index (χ1v) is 3.83. The fraction of sp³-hybridized carbons (Fsp3) is 0.444. The van der Waals surface area contributed by atoms with Crippen LogP contribution >= 0.6 is 0 Å². The van der Waals surface area contributed by atoms with Crippen LogP contribution in [-0.4, -0.2) is 5.78 Å². The molecule has 11 heavy (non-hydrogen) atoms. The Labute approximate surface area is 66.2 Å². The van der Waals surface area contributed by atoms with Crippen LogP contribution in [-0.2, 0) is 0 Å². The van der Waals surface area contributed by atoms with Crippen LogP contribution in [0.25, 0.3) is 0 Å². The molecule has 0 bridgehead atoms. The van der Waals surface area contributed by atoms with Crippen molar-refractivity contribution in [2.24, 2.45) is 5.92 Å². The molecule has 2 heteroatoms. The lowest BCUT2D eigenvalue weighted by Crippen LogP contribution is -2.08. The number of carbonyl (C=O) groups excluding carboxylic acids is 1. The molecule has 0 aliphatic heterocycles. The van der Waals surface area contributed by atoms with E-state index in [4.69, 9.17) is 4.42 Å². The van der Waals surface area contributed by atoms with Crippen LogP contribution in [0.5, 0.6) is 0 Å². The van der Waals surface area contributed by atoms with Gasteiger partial charge in [0.1, 0.15) is 0 Å². The third-order valence-electron chi connectivity index (χ3n) is 1.82. The van der Waals surface area contributed by atoms with Crippen molar-refractivity contribution in [2.45, 2.75) is 20.3 Å². The second-order valence-electron chi connectivity index (χ2n) is 2.65. The fourth-order valence-electron chi connectivity index (χ4n) is 0.847. The highest BCUT2D eigenvalue weighted by Gasteiger charge is 2.14. The van der Waals surface area contributed by atoms with E-state index in [2.05, 4.69) is 0 Å². The van der Waals surface area contributed by atoms with Crippen LogP contribution < -0.4 is 0 Å². The molecule has 0 fully saturated rings. The predicted molar refractivity (Wildman–Crippen MR) is 42.5 cm³/mol. The van der Waals surface area contributed by atoms with Gasteiger partial charge >= 0.3 is 0 Å². The first-order chi connectivity index (χ1) is 5.25. The quantitative estimate of drug-likeness (QED) is 0.623. The summed E-state index contributed by atoms with van der Waals surface area (Å²) in [7, 11) is 0. The first kappa shape index (κ1) is 8.05. The Kier molecular flexibility index (Phi) is 2.47. The van der Waals surface area contributed by atoms with Crippen molar-refractivity contribution in [2.75, 3.05) is 0 Å². The average molecular weight is 152 g/mol. The molecule has 0 N–H and O–H groups in total. The highest BCUT2D eigenvalue weighted by atomic mass is 16.3. The molecule has 1 atom stereocenters. The van der Waals surface area contributed by atoms with Gasteiger partial charge in [0, 0.05) is 5.92 Å². The van der Waals surface area contributed by atoms with E-state index in [9.17, 15) is 4.79 Å². The van der Waals surface area contributed by atoms with E-state index in [1.165, 1.54) is 6.26 Å². The van der Waals surface area contributed by atoms with Crippen molar-refractivity contribution in [3.63, 3.8) is 0 Å². The van der Waals surface area contributed by atoms with Crippen LogP contribution in [0.3, 0.4) is 0 Å². The average Bonchev–Trinajstić information content (AvgIpc) is 2.53. The summed E-state index contributed by atoms with van der Waals surface area (Å²) in [5, 5.41) is 0. The number of rotatable bonds is 3. The number of Topliss-reactive ketones (excluding diaryl/α,β-unsaturated/α-hetero) is 1. The van der Waals surface area contributed by atoms with Gasteiger partial charge in [-0.1, -0.05) is 13.8 Å². The molecular weight excluding hydrogens is 140 g/mol. The minimum atomic E-state index is 0.0705. The molecule has 0 saturated carbocycles. The normalized spacial score (nSPS) is 12.9. The zero-order valence-electron chi connectivity index (χ0n) is 6.83. The number of carbonyl (C=O) groups is 1. The summed E-state index contributed by atoms with van der Waals surface area (Å²) >= 11 is 0. The second kappa shape index (κ2) is 3.37. The van der Waals surface area contributed by atoms with E-state index >= 15 is 0 Å². The number of hydrogen-bond donors (Lipinski definition) is 0. The van der Waals surface area contributed by atoms with E-state index in [0.29, 0.717) is 5.76 Å². The Morgan fingerprint density at radius 3 is 2.91 bits per heavy atom. The highest BCUT2D eigenvalue weighted by molar-refractivity contribution is 5.94. The minimum Gasteiger partial charge on any atom is -0.461 e. The summed E-state index contributed by atoms with van der Waals surface area (Å²) < 4.78 is 4.97. The van der Waals surface area contributed by atoms with Crippen molar-refractivity contribution >= 4 is 5.78 Å². The van der Waals surface area contributed by atoms with Crippen molar-refractivity contribution in [3.8, 4) is 0 Å². The van der Waals surface area contributed by atoms with Crippen LogP contribution in [0, 0.1) is 5.92 Å². The Bertz CT molecular complexity index is 224. The molecule has 0 aliphatic carbocycles. The van der Waals surface area contributed by atoms with Gasteiger partial charge in [-0.25, -0.2) is 0 Å². The summed E-state index contributed by atoms with van der Waals surface area (Å²) in [5.41, 5.74) is 0. The smallest absolute Gasteiger partial charge is 0.200 e. The topological polar surface area (TPSA) is 30.2 Å². The fourth-order valence-corrected chi connectivity index (χ4v) is 0.847. The first-order valence-electron chi connectivity index (χ1n) is 3.83. The van der Waals surface area contributed by atoms with Gasteiger partial charge in [-0.2, -0.15) is 0 Å². The molecular formula is C9H12O2. The molecule has 0 radical (unpaired) electrons. The standard InChI is InChI=1S/C9H12O2/c1-3-7(2)9(10)8-5-4-6-11-8/h4-7H,3H2,1-2H3. The lowest BCUT2D eigenvalue weighted by molar-refractivity contribution is 0.0899. The third kappa shape index (κ3) is 1.70. The van der Waals surface area contributed by atoms with E-state index in [1.54, 1.807) is 12.1 Å². The van der Waals surface area contributed by atoms with E-state index < -0.39 is 0 Å². The predicted octanol–water partition coefficient (Wildman–Crippen LogP) is 2.51. The summed E-state index contributed by atoms with van der Waals surface area (Å²) in [5.74, 6) is 0.637. The number of hydrogen-bond acceptors (Lipinski definition) is 2. The van der Waals surface area contributed by atoms with E-state index in [1.807, 2.05) is 13.8 Å². The maximum Gasteiger partial charge on any atom is 0.200 e. The lowest BCUT2D eigenvalue weighted by Gasteiger charge is -2.02. The van der Waals surface area contributed by atoms with Crippen LogP contribution in [0.15, 0.2) is 22.8 Å². The molecule has 0 spiro atoms. The zero-order valence-corrected chi connectivity index (χ0v) is 6.83. The summed E-state index contributed by atoms with van der Waals surface area (Å²) in [6.45, 7) is 3.90. The molecule has 1 unspecified atom stereocenters. The third-order valence-corrected chi connectivity index (χ3v) is 1.82.